The molecular weight excluding hydrogens is 351 g/mol. The molecule has 0 atom stereocenters. The minimum Gasteiger partial charge on any atom is -0.331 e. The maximum atomic E-state index is 13.6. The molecule has 128 valence electrons. The summed E-state index contributed by atoms with van der Waals surface area (Å²) in [5.41, 5.74) is 0.799. The summed E-state index contributed by atoms with van der Waals surface area (Å²) in [7, 11) is 0. The lowest BCUT2D eigenvalue weighted by atomic mass is 10.3. The number of nitrogens with zero attached hydrogens (tertiary/aromatic N) is 1. The number of aryl methyl sites for hydroxylation is 1. The molecule has 0 bridgehead atoms. The molecule has 0 saturated heterocycles. The van der Waals surface area contributed by atoms with Gasteiger partial charge in [-0.2, -0.15) is 0 Å². The largest absolute Gasteiger partial charge is 0.331 e. The molecule has 0 fully saturated rings. The zero-order chi connectivity index (χ0) is 18.0. The summed E-state index contributed by atoms with van der Waals surface area (Å²) in [4.78, 5) is 16.8. The van der Waals surface area contributed by atoms with Crippen molar-refractivity contribution in [3.63, 3.8) is 0 Å². The Morgan fingerprint density at radius 2 is 1.84 bits per heavy atom. The van der Waals surface area contributed by atoms with E-state index in [1.54, 1.807) is 19.1 Å². The van der Waals surface area contributed by atoms with Crippen molar-refractivity contribution < 1.29 is 18.0 Å². The van der Waals surface area contributed by atoms with Gasteiger partial charge in [-0.05, 0) is 37.3 Å². The van der Waals surface area contributed by atoms with Crippen LogP contribution in [-0.4, -0.2) is 10.9 Å². The summed E-state index contributed by atoms with van der Waals surface area (Å²) in [6, 6.07) is 8.70. The molecule has 0 unspecified atom stereocenters. The van der Waals surface area contributed by atoms with Gasteiger partial charge in [-0.25, -0.2) is 18.2 Å². The summed E-state index contributed by atoms with van der Waals surface area (Å²) in [6.45, 7) is 1.63. The molecule has 2 N–H and O–H groups in total. The summed E-state index contributed by atoms with van der Waals surface area (Å²) in [5.74, 6) is -2.56. The second-order valence-electron chi connectivity index (χ2n) is 5.15. The van der Waals surface area contributed by atoms with Crippen LogP contribution >= 0.6 is 11.3 Å². The molecule has 1 heterocycles. The molecule has 3 rings (SSSR count). The molecule has 25 heavy (non-hydrogen) atoms. The van der Waals surface area contributed by atoms with E-state index in [0.717, 1.165) is 23.5 Å². The second-order valence-corrected chi connectivity index (χ2v) is 6.15. The fourth-order valence-electron chi connectivity index (χ4n) is 2.12. The van der Waals surface area contributed by atoms with E-state index in [1.807, 2.05) is 0 Å². The second kappa shape index (κ2) is 6.94. The first-order chi connectivity index (χ1) is 11.9. The third kappa shape index (κ3) is 3.97. The Kier molecular flexibility index (Phi) is 4.71. The number of amides is 1. The van der Waals surface area contributed by atoms with Crippen molar-refractivity contribution in [3.8, 4) is 0 Å². The Bertz CT molecular complexity index is 943. The van der Waals surface area contributed by atoms with Crippen LogP contribution in [0.5, 0.6) is 0 Å². The molecule has 1 aromatic heterocycles. The van der Waals surface area contributed by atoms with Gasteiger partial charge in [0.15, 0.2) is 5.13 Å². The molecule has 8 heteroatoms. The zero-order valence-corrected chi connectivity index (χ0v) is 13.8. The van der Waals surface area contributed by atoms with Crippen LogP contribution < -0.4 is 10.6 Å². The van der Waals surface area contributed by atoms with Crippen molar-refractivity contribution in [2.24, 2.45) is 0 Å². The summed E-state index contributed by atoms with van der Waals surface area (Å²) < 4.78 is 39.8. The molecule has 0 aliphatic heterocycles. The van der Waals surface area contributed by atoms with Gasteiger partial charge in [-0.1, -0.05) is 17.4 Å². The van der Waals surface area contributed by atoms with Crippen molar-refractivity contribution in [2.75, 3.05) is 10.6 Å². The average Bonchev–Trinajstić information content (AvgIpc) is 2.90. The lowest BCUT2D eigenvalue weighted by Crippen LogP contribution is -2.12. The van der Waals surface area contributed by atoms with Gasteiger partial charge in [0.2, 0.25) is 0 Å². The van der Waals surface area contributed by atoms with E-state index >= 15 is 0 Å². The van der Waals surface area contributed by atoms with Crippen molar-refractivity contribution in [3.05, 3.63) is 70.5 Å². The standard InChI is InChI=1S/C17H12F3N3OS/c1-9-15(16(24)23-14-6-5-11(19)8-13(14)20)25-17(21-9)22-12-4-2-3-10(18)7-12/h2-8H,1H3,(H,21,22)(H,23,24). The normalized spacial score (nSPS) is 10.6. The number of thiazole rings is 1. The lowest BCUT2D eigenvalue weighted by molar-refractivity contribution is 0.102. The SMILES string of the molecule is Cc1nc(Nc2cccc(F)c2)sc1C(=O)Nc1ccc(F)cc1F. The molecule has 0 radical (unpaired) electrons. The highest BCUT2D eigenvalue weighted by molar-refractivity contribution is 7.17. The van der Waals surface area contributed by atoms with Crippen molar-refractivity contribution >= 4 is 33.8 Å². The van der Waals surface area contributed by atoms with Crippen molar-refractivity contribution in [1.82, 2.24) is 4.98 Å². The molecule has 1 amide bonds. The highest BCUT2D eigenvalue weighted by atomic mass is 32.1. The van der Waals surface area contributed by atoms with Crippen LogP contribution in [0, 0.1) is 24.4 Å². The number of rotatable bonds is 4. The van der Waals surface area contributed by atoms with E-state index < -0.39 is 23.4 Å². The van der Waals surface area contributed by atoms with E-state index in [1.165, 1.54) is 12.1 Å². The van der Waals surface area contributed by atoms with Crippen LogP contribution in [-0.2, 0) is 0 Å². The number of benzene rings is 2. The van der Waals surface area contributed by atoms with Crippen LogP contribution in [0.3, 0.4) is 0 Å². The van der Waals surface area contributed by atoms with Crippen molar-refractivity contribution in [1.29, 1.82) is 0 Å². The highest BCUT2D eigenvalue weighted by Gasteiger charge is 2.17. The molecule has 0 spiro atoms. The quantitative estimate of drug-likeness (QED) is 0.696. The van der Waals surface area contributed by atoms with Gasteiger partial charge in [-0.3, -0.25) is 4.79 Å². The van der Waals surface area contributed by atoms with Crippen LogP contribution in [0.25, 0.3) is 0 Å². The summed E-state index contributed by atoms with van der Waals surface area (Å²) in [5, 5.41) is 5.69. The van der Waals surface area contributed by atoms with Crippen molar-refractivity contribution in [2.45, 2.75) is 6.92 Å². The number of hydrogen-bond donors (Lipinski definition) is 2. The first-order valence-electron chi connectivity index (χ1n) is 7.19. The number of carbonyl (C=O) groups excluding carboxylic acids is 1. The topological polar surface area (TPSA) is 54.0 Å². The number of halogens is 3. The Morgan fingerprint density at radius 1 is 1.08 bits per heavy atom. The average molecular weight is 363 g/mol. The zero-order valence-electron chi connectivity index (χ0n) is 12.9. The smallest absolute Gasteiger partial charge is 0.267 e. The Balaban J connectivity index is 1.78. The number of anilines is 3. The molecular formula is C17H12F3N3OS. The van der Waals surface area contributed by atoms with E-state index in [-0.39, 0.29) is 10.6 Å². The maximum absolute atomic E-state index is 13.6. The number of carbonyl (C=O) groups is 1. The maximum Gasteiger partial charge on any atom is 0.267 e. The van der Waals surface area contributed by atoms with E-state index in [0.29, 0.717) is 22.6 Å². The van der Waals surface area contributed by atoms with E-state index in [9.17, 15) is 18.0 Å². The molecule has 2 aromatic carbocycles. The van der Waals surface area contributed by atoms with Gasteiger partial charge in [0.05, 0.1) is 11.4 Å². The molecule has 0 aliphatic rings. The number of hydrogen-bond acceptors (Lipinski definition) is 4. The monoisotopic (exact) mass is 363 g/mol. The van der Waals surface area contributed by atoms with Crippen LogP contribution in [0.4, 0.5) is 29.7 Å². The van der Waals surface area contributed by atoms with Gasteiger partial charge in [-0.15, -0.1) is 0 Å². The number of aromatic nitrogens is 1. The Hall–Kier alpha value is -2.87. The first kappa shape index (κ1) is 17.0. The van der Waals surface area contributed by atoms with Gasteiger partial charge in [0.25, 0.3) is 5.91 Å². The van der Waals surface area contributed by atoms with E-state index in [4.69, 9.17) is 0 Å². The van der Waals surface area contributed by atoms with Crippen LogP contribution in [0.2, 0.25) is 0 Å². The number of nitrogens with one attached hydrogen (secondary N) is 2. The van der Waals surface area contributed by atoms with Gasteiger partial charge >= 0.3 is 0 Å². The molecule has 4 nitrogen and oxygen atoms in total. The Labute approximate surface area is 145 Å². The Morgan fingerprint density at radius 3 is 2.56 bits per heavy atom. The van der Waals surface area contributed by atoms with Crippen LogP contribution in [0.1, 0.15) is 15.4 Å². The van der Waals surface area contributed by atoms with Gasteiger partial charge in [0.1, 0.15) is 22.3 Å². The predicted molar refractivity (Wildman–Crippen MR) is 90.8 cm³/mol. The summed E-state index contributed by atoms with van der Waals surface area (Å²) >= 11 is 1.04. The van der Waals surface area contributed by atoms with Gasteiger partial charge < -0.3 is 10.6 Å². The van der Waals surface area contributed by atoms with E-state index in [2.05, 4.69) is 15.6 Å². The van der Waals surface area contributed by atoms with Gasteiger partial charge in [0, 0.05) is 11.8 Å². The molecule has 0 aliphatic carbocycles. The first-order valence-corrected chi connectivity index (χ1v) is 8.00. The third-order valence-electron chi connectivity index (χ3n) is 3.26. The minimum atomic E-state index is -0.867. The van der Waals surface area contributed by atoms with Crippen LogP contribution in [0.15, 0.2) is 42.5 Å². The third-order valence-corrected chi connectivity index (χ3v) is 4.33. The predicted octanol–water partition coefficient (Wildman–Crippen LogP) is 4.86. The summed E-state index contributed by atoms with van der Waals surface area (Å²) in [6.07, 6.45) is 0. The lowest BCUT2D eigenvalue weighted by Gasteiger charge is -2.05. The fraction of sp³-hybridized carbons (Fsp3) is 0.0588. The molecule has 0 saturated carbocycles. The highest BCUT2D eigenvalue weighted by Crippen LogP contribution is 2.27. The minimum absolute atomic E-state index is 0.126. The fourth-order valence-corrected chi connectivity index (χ4v) is 3.00. The molecule has 3 aromatic rings.